The molecule has 2 heterocycles. The monoisotopic (exact) mass is 293 g/mol. The summed E-state index contributed by atoms with van der Waals surface area (Å²) in [5.41, 5.74) is 0. The van der Waals surface area contributed by atoms with E-state index in [-0.39, 0.29) is 37.2 Å². The van der Waals surface area contributed by atoms with Crippen LogP contribution in [0.5, 0.6) is 0 Å². The van der Waals surface area contributed by atoms with E-state index in [1.165, 1.54) is 0 Å². The summed E-state index contributed by atoms with van der Waals surface area (Å²) < 4.78 is 37.4. The minimum Gasteiger partial charge on any atom is -0.353 e. The molecule has 114 valence electrons. The SMILES string of the molecule is O=C1CCC(CNC(=O)C2CCC(C(F)(F)F)CN2)N1. The van der Waals surface area contributed by atoms with E-state index in [4.69, 9.17) is 0 Å². The predicted octanol–water partition coefficient (Wildman–Crippen LogP) is 0.312. The van der Waals surface area contributed by atoms with Crippen molar-refractivity contribution in [1.29, 1.82) is 0 Å². The first kappa shape index (κ1) is 15.1. The Morgan fingerprint density at radius 2 is 2.05 bits per heavy atom. The fourth-order valence-corrected chi connectivity index (χ4v) is 2.54. The van der Waals surface area contributed by atoms with E-state index in [9.17, 15) is 22.8 Å². The number of nitrogens with one attached hydrogen (secondary N) is 3. The maximum atomic E-state index is 12.5. The number of halogens is 3. The van der Waals surface area contributed by atoms with Gasteiger partial charge < -0.3 is 16.0 Å². The molecule has 0 saturated carbocycles. The number of hydrogen-bond donors (Lipinski definition) is 3. The van der Waals surface area contributed by atoms with Crippen LogP contribution in [0.2, 0.25) is 0 Å². The molecule has 3 N–H and O–H groups in total. The van der Waals surface area contributed by atoms with Crippen molar-refractivity contribution in [3.05, 3.63) is 0 Å². The number of carbonyl (C=O) groups excluding carboxylic acids is 2. The second-order valence-electron chi connectivity index (χ2n) is 5.32. The number of alkyl halides is 3. The van der Waals surface area contributed by atoms with Crippen LogP contribution in [-0.2, 0) is 9.59 Å². The molecule has 8 heteroatoms. The highest BCUT2D eigenvalue weighted by Gasteiger charge is 2.42. The van der Waals surface area contributed by atoms with Gasteiger partial charge in [-0.3, -0.25) is 9.59 Å². The second kappa shape index (κ2) is 5.99. The Morgan fingerprint density at radius 3 is 2.55 bits per heavy atom. The van der Waals surface area contributed by atoms with Crippen LogP contribution in [0.1, 0.15) is 25.7 Å². The van der Waals surface area contributed by atoms with Crippen LogP contribution in [0.25, 0.3) is 0 Å². The molecule has 5 nitrogen and oxygen atoms in total. The zero-order valence-electron chi connectivity index (χ0n) is 10.9. The summed E-state index contributed by atoms with van der Waals surface area (Å²) >= 11 is 0. The van der Waals surface area contributed by atoms with Gasteiger partial charge in [0.1, 0.15) is 0 Å². The van der Waals surface area contributed by atoms with Crippen molar-refractivity contribution >= 4 is 11.8 Å². The number of amides is 2. The molecule has 2 aliphatic rings. The summed E-state index contributed by atoms with van der Waals surface area (Å²) in [6, 6.07) is -0.649. The van der Waals surface area contributed by atoms with Crippen LogP contribution >= 0.6 is 0 Å². The van der Waals surface area contributed by atoms with Crippen molar-refractivity contribution in [1.82, 2.24) is 16.0 Å². The van der Waals surface area contributed by atoms with Gasteiger partial charge in [0, 0.05) is 25.6 Å². The molecule has 20 heavy (non-hydrogen) atoms. The van der Waals surface area contributed by atoms with Crippen LogP contribution in [0.4, 0.5) is 13.2 Å². The molecule has 3 unspecified atom stereocenters. The zero-order valence-corrected chi connectivity index (χ0v) is 10.9. The Bertz CT molecular complexity index is 379. The number of rotatable bonds is 3. The lowest BCUT2D eigenvalue weighted by Crippen LogP contribution is -2.52. The van der Waals surface area contributed by atoms with E-state index in [0.717, 1.165) is 0 Å². The topological polar surface area (TPSA) is 70.2 Å². The summed E-state index contributed by atoms with van der Waals surface area (Å²) in [4.78, 5) is 22.8. The minimum atomic E-state index is -4.21. The summed E-state index contributed by atoms with van der Waals surface area (Å²) in [6.45, 7) is 0.104. The highest BCUT2D eigenvalue weighted by molar-refractivity contribution is 5.82. The number of hydrogen-bond acceptors (Lipinski definition) is 3. The molecule has 0 spiro atoms. The van der Waals surface area contributed by atoms with Crippen LogP contribution in [0.15, 0.2) is 0 Å². The Labute approximate surface area is 114 Å². The van der Waals surface area contributed by atoms with Gasteiger partial charge in [0.15, 0.2) is 0 Å². The molecule has 2 saturated heterocycles. The Hall–Kier alpha value is -1.31. The minimum absolute atomic E-state index is 0.0330. The van der Waals surface area contributed by atoms with E-state index in [1.54, 1.807) is 0 Å². The first-order valence-electron chi connectivity index (χ1n) is 6.73. The molecule has 2 aliphatic heterocycles. The predicted molar refractivity (Wildman–Crippen MR) is 64.7 cm³/mol. The molecule has 2 rings (SSSR count). The molecule has 0 radical (unpaired) electrons. The molecule has 0 aromatic heterocycles. The van der Waals surface area contributed by atoms with E-state index < -0.39 is 18.1 Å². The molecular weight excluding hydrogens is 275 g/mol. The van der Waals surface area contributed by atoms with E-state index in [1.807, 2.05) is 0 Å². The molecule has 2 fully saturated rings. The first-order valence-corrected chi connectivity index (χ1v) is 6.73. The lowest BCUT2D eigenvalue weighted by Gasteiger charge is -2.30. The van der Waals surface area contributed by atoms with Crippen molar-refractivity contribution in [3.63, 3.8) is 0 Å². The Kier molecular flexibility index (Phi) is 4.52. The summed E-state index contributed by atoms with van der Waals surface area (Å²) in [7, 11) is 0. The van der Waals surface area contributed by atoms with Crippen molar-refractivity contribution in [2.24, 2.45) is 5.92 Å². The third-order valence-corrected chi connectivity index (χ3v) is 3.80. The average molecular weight is 293 g/mol. The third-order valence-electron chi connectivity index (χ3n) is 3.80. The standard InChI is InChI=1S/C12H18F3N3O2/c13-12(14,15)7-1-3-9(16-5-7)11(20)17-6-8-2-4-10(19)18-8/h7-9,16H,1-6H2,(H,17,20)(H,18,19). The van der Waals surface area contributed by atoms with Gasteiger partial charge in [-0.2, -0.15) is 13.2 Å². The molecular formula is C12H18F3N3O2. The van der Waals surface area contributed by atoms with Gasteiger partial charge in [0.2, 0.25) is 11.8 Å². The molecule has 3 atom stereocenters. The van der Waals surface area contributed by atoms with Crippen molar-refractivity contribution < 1.29 is 22.8 Å². The quantitative estimate of drug-likeness (QED) is 0.701. The summed E-state index contributed by atoms with van der Waals surface area (Å²) in [5, 5.41) is 8.03. The fraction of sp³-hybridized carbons (Fsp3) is 0.833. The van der Waals surface area contributed by atoms with Gasteiger partial charge in [-0.1, -0.05) is 0 Å². The van der Waals surface area contributed by atoms with Crippen LogP contribution in [-0.4, -0.2) is 43.2 Å². The second-order valence-corrected chi connectivity index (χ2v) is 5.32. The molecule has 2 amide bonds. The van der Waals surface area contributed by atoms with Crippen LogP contribution in [0, 0.1) is 5.92 Å². The van der Waals surface area contributed by atoms with Crippen molar-refractivity contribution in [2.45, 2.75) is 43.9 Å². The maximum absolute atomic E-state index is 12.5. The zero-order chi connectivity index (χ0) is 14.8. The number of piperidine rings is 1. The molecule has 0 bridgehead atoms. The van der Waals surface area contributed by atoms with Crippen molar-refractivity contribution in [2.75, 3.05) is 13.1 Å². The van der Waals surface area contributed by atoms with Crippen molar-refractivity contribution in [3.8, 4) is 0 Å². The summed E-state index contributed by atoms with van der Waals surface area (Å²) in [5.74, 6) is -1.71. The lowest BCUT2D eigenvalue weighted by molar-refractivity contribution is -0.180. The lowest BCUT2D eigenvalue weighted by atomic mass is 9.94. The highest BCUT2D eigenvalue weighted by Crippen LogP contribution is 2.31. The molecule has 0 aliphatic carbocycles. The van der Waals surface area contributed by atoms with Crippen LogP contribution in [0.3, 0.4) is 0 Å². The fourth-order valence-electron chi connectivity index (χ4n) is 2.54. The molecule has 0 aromatic carbocycles. The summed E-state index contributed by atoms with van der Waals surface area (Å²) in [6.07, 6.45) is -2.94. The van der Waals surface area contributed by atoms with Gasteiger partial charge in [-0.25, -0.2) is 0 Å². The van der Waals surface area contributed by atoms with Gasteiger partial charge in [-0.15, -0.1) is 0 Å². The third kappa shape index (κ3) is 3.84. The van der Waals surface area contributed by atoms with Gasteiger partial charge in [0.25, 0.3) is 0 Å². The van der Waals surface area contributed by atoms with E-state index in [2.05, 4.69) is 16.0 Å². The molecule has 0 aromatic rings. The van der Waals surface area contributed by atoms with Crippen LogP contribution < -0.4 is 16.0 Å². The maximum Gasteiger partial charge on any atom is 0.393 e. The first-order chi connectivity index (χ1) is 9.36. The Balaban J connectivity index is 1.71. The number of carbonyl (C=O) groups is 2. The highest BCUT2D eigenvalue weighted by atomic mass is 19.4. The largest absolute Gasteiger partial charge is 0.393 e. The van der Waals surface area contributed by atoms with Gasteiger partial charge in [-0.05, 0) is 19.3 Å². The Morgan fingerprint density at radius 1 is 1.30 bits per heavy atom. The van der Waals surface area contributed by atoms with E-state index >= 15 is 0 Å². The van der Waals surface area contributed by atoms with Gasteiger partial charge >= 0.3 is 6.18 Å². The average Bonchev–Trinajstić information content (AvgIpc) is 2.81. The normalized spacial score (nSPS) is 30.9. The smallest absolute Gasteiger partial charge is 0.353 e. The van der Waals surface area contributed by atoms with E-state index in [0.29, 0.717) is 19.4 Å². The van der Waals surface area contributed by atoms with Gasteiger partial charge in [0.05, 0.1) is 12.0 Å².